The Morgan fingerprint density at radius 2 is 1.55 bits per heavy atom. The minimum atomic E-state index is -0.347. The van der Waals surface area contributed by atoms with Crippen molar-refractivity contribution in [2.75, 3.05) is 4.90 Å². The lowest BCUT2D eigenvalue weighted by Gasteiger charge is -2.22. The second kappa shape index (κ2) is 9.51. The predicted molar refractivity (Wildman–Crippen MR) is 115 cm³/mol. The third-order valence-electron chi connectivity index (χ3n) is 4.60. The molecule has 0 spiro atoms. The minimum Gasteiger partial charge on any atom is -0.426 e. The number of anilines is 2. The van der Waals surface area contributed by atoms with Crippen LogP contribution < -0.4 is 9.64 Å². The lowest BCUT2D eigenvalue weighted by Crippen LogP contribution is -2.23. The van der Waals surface area contributed by atoms with Gasteiger partial charge >= 0.3 is 5.97 Å². The molecule has 3 rings (SSSR count). The van der Waals surface area contributed by atoms with Crippen LogP contribution in [0.2, 0.25) is 0 Å². The fraction of sp³-hybridized carbons (Fsp3) is 0.120. The zero-order valence-electron chi connectivity index (χ0n) is 16.3. The third kappa shape index (κ3) is 4.79. The number of hydrogen-bond donors (Lipinski definition) is 0. The Balaban J connectivity index is 1.87. The molecule has 1 amide bonds. The number of hydrogen-bond acceptors (Lipinski definition) is 3. The van der Waals surface area contributed by atoms with Gasteiger partial charge in [0, 0.05) is 11.8 Å². The largest absolute Gasteiger partial charge is 0.426 e. The van der Waals surface area contributed by atoms with Gasteiger partial charge in [0.1, 0.15) is 5.75 Å². The number of rotatable bonds is 7. The standard InChI is InChI=1S/C25H23NO3/c1-3-23(19-12-7-5-8-13-19)25(28)29-22-17-11-16-21(18-22)26(24(27)4-2)20-14-9-6-10-15-20/h4-18,23H,2-3H2,1H3. The first-order valence-electron chi connectivity index (χ1n) is 9.52. The van der Waals surface area contributed by atoms with Gasteiger partial charge in [0.25, 0.3) is 5.91 Å². The van der Waals surface area contributed by atoms with Gasteiger partial charge < -0.3 is 4.74 Å². The average molecular weight is 385 g/mol. The van der Waals surface area contributed by atoms with E-state index in [2.05, 4.69) is 6.58 Å². The van der Waals surface area contributed by atoms with Crippen LogP contribution in [-0.2, 0) is 9.59 Å². The molecule has 0 bridgehead atoms. The van der Waals surface area contributed by atoms with E-state index in [1.54, 1.807) is 24.3 Å². The van der Waals surface area contributed by atoms with Crippen LogP contribution in [0.5, 0.6) is 5.75 Å². The van der Waals surface area contributed by atoms with Crippen molar-refractivity contribution in [3.05, 3.63) is 103 Å². The predicted octanol–water partition coefficient (Wildman–Crippen LogP) is 5.64. The highest BCUT2D eigenvalue weighted by atomic mass is 16.5. The molecule has 0 aromatic heterocycles. The average Bonchev–Trinajstić information content (AvgIpc) is 2.76. The van der Waals surface area contributed by atoms with Crippen molar-refractivity contribution in [3.63, 3.8) is 0 Å². The number of esters is 1. The summed E-state index contributed by atoms with van der Waals surface area (Å²) < 4.78 is 5.66. The summed E-state index contributed by atoms with van der Waals surface area (Å²) in [7, 11) is 0. The second-order valence-corrected chi connectivity index (χ2v) is 6.50. The summed E-state index contributed by atoms with van der Waals surface area (Å²) in [5, 5.41) is 0. The van der Waals surface area contributed by atoms with Gasteiger partial charge in [-0.3, -0.25) is 14.5 Å². The van der Waals surface area contributed by atoms with Crippen LogP contribution in [0.25, 0.3) is 0 Å². The number of benzene rings is 3. The number of amides is 1. The first kappa shape index (κ1) is 20.1. The van der Waals surface area contributed by atoms with E-state index in [1.165, 1.54) is 11.0 Å². The second-order valence-electron chi connectivity index (χ2n) is 6.50. The highest BCUT2D eigenvalue weighted by Crippen LogP contribution is 2.30. The summed E-state index contributed by atoms with van der Waals surface area (Å²) in [6, 6.07) is 25.8. The summed E-state index contributed by atoms with van der Waals surface area (Å²) in [6.07, 6.45) is 1.89. The minimum absolute atomic E-state index is 0.268. The van der Waals surface area contributed by atoms with Crippen LogP contribution in [0.1, 0.15) is 24.8 Å². The number of carbonyl (C=O) groups is 2. The monoisotopic (exact) mass is 385 g/mol. The van der Waals surface area contributed by atoms with E-state index >= 15 is 0 Å². The van der Waals surface area contributed by atoms with E-state index in [0.29, 0.717) is 23.5 Å². The molecule has 0 aliphatic heterocycles. The number of ether oxygens (including phenoxy) is 1. The van der Waals surface area contributed by atoms with Crippen LogP contribution in [0, 0.1) is 0 Å². The van der Waals surface area contributed by atoms with Crippen molar-refractivity contribution < 1.29 is 14.3 Å². The van der Waals surface area contributed by atoms with E-state index in [0.717, 1.165) is 5.56 Å². The molecule has 3 aromatic carbocycles. The summed E-state index contributed by atoms with van der Waals surface area (Å²) >= 11 is 0. The van der Waals surface area contributed by atoms with Crippen LogP contribution in [0.4, 0.5) is 11.4 Å². The van der Waals surface area contributed by atoms with Crippen LogP contribution >= 0.6 is 0 Å². The maximum atomic E-state index is 12.8. The van der Waals surface area contributed by atoms with Crippen molar-refractivity contribution in [2.45, 2.75) is 19.3 Å². The van der Waals surface area contributed by atoms with Crippen molar-refractivity contribution in [3.8, 4) is 5.75 Å². The van der Waals surface area contributed by atoms with Crippen molar-refractivity contribution >= 4 is 23.3 Å². The number of para-hydroxylation sites is 1. The Morgan fingerprint density at radius 1 is 0.931 bits per heavy atom. The fourth-order valence-electron chi connectivity index (χ4n) is 3.17. The van der Waals surface area contributed by atoms with Crippen LogP contribution in [0.15, 0.2) is 97.6 Å². The summed E-state index contributed by atoms with van der Waals surface area (Å²) in [5.41, 5.74) is 2.22. The zero-order valence-corrected chi connectivity index (χ0v) is 16.3. The van der Waals surface area contributed by atoms with E-state index < -0.39 is 0 Å². The van der Waals surface area contributed by atoms with Gasteiger partial charge in [-0.05, 0) is 42.3 Å². The molecule has 0 heterocycles. The van der Waals surface area contributed by atoms with Gasteiger partial charge in [-0.25, -0.2) is 0 Å². The molecule has 0 radical (unpaired) electrons. The first-order valence-corrected chi connectivity index (χ1v) is 9.52. The molecule has 0 saturated heterocycles. The number of carbonyl (C=O) groups excluding carboxylic acids is 2. The van der Waals surface area contributed by atoms with Gasteiger partial charge in [-0.1, -0.05) is 68.1 Å². The van der Waals surface area contributed by atoms with E-state index in [1.807, 2.05) is 67.6 Å². The quantitative estimate of drug-likeness (QED) is 0.300. The maximum Gasteiger partial charge on any atom is 0.318 e. The molecule has 0 aliphatic carbocycles. The molecular weight excluding hydrogens is 362 g/mol. The Bertz CT molecular complexity index is 983. The van der Waals surface area contributed by atoms with E-state index in [4.69, 9.17) is 4.74 Å². The van der Waals surface area contributed by atoms with Gasteiger partial charge in [-0.15, -0.1) is 0 Å². The molecule has 1 unspecified atom stereocenters. The topological polar surface area (TPSA) is 46.6 Å². The Morgan fingerprint density at radius 3 is 2.17 bits per heavy atom. The highest BCUT2D eigenvalue weighted by Gasteiger charge is 2.22. The van der Waals surface area contributed by atoms with E-state index in [-0.39, 0.29) is 17.8 Å². The highest BCUT2D eigenvalue weighted by molar-refractivity contribution is 6.06. The lowest BCUT2D eigenvalue weighted by atomic mass is 9.97. The molecule has 4 heteroatoms. The molecule has 3 aromatic rings. The zero-order chi connectivity index (χ0) is 20.6. The van der Waals surface area contributed by atoms with Crippen molar-refractivity contribution in [1.29, 1.82) is 0 Å². The van der Waals surface area contributed by atoms with Gasteiger partial charge in [0.05, 0.1) is 11.6 Å². The SMILES string of the molecule is C=CC(=O)N(c1ccccc1)c1cccc(OC(=O)C(CC)c2ccccc2)c1. The first-order chi connectivity index (χ1) is 14.1. The molecule has 0 fully saturated rings. The Hall–Kier alpha value is -3.66. The molecule has 4 nitrogen and oxygen atoms in total. The normalized spacial score (nSPS) is 11.3. The van der Waals surface area contributed by atoms with Crippen molar-refractivity contribution in [1.82, 2.24) is 0 Å². The van der Waals surface area contributed by atoms with Crippen LogP contribution in [-0.4, -0.2) is 11.9 Å². The van der Waals surface area contributed by atoms with Gasteiger partial charge in [0.15, 0.2) is 0 Å². The smallest absolute Gasteiger partial charge is 0.318 e. The maximum absolute atomic E-state index is 12.8. The fourth-order valence-corrected chi connectivity index (χ4v) is 3.17. The van der Waals surface area contributed by atoms with Crippen LogP contribution in [0.3, 0.4) is 0 Å². The van der Waals surface area contributed by atoms with Gasteiger partial charge in [0.2, 0.25) is 0 Å². The molecule has 0 aliphatic rings. The molecule has 29 heavy (non-hydrogen) atoms. The number of nitrogens with zero attached hydrogens (tertiary/aromatic N) is 1. The molecule has 0 N–H and O–H groups in total. The van der Waals surface area contributed by atoms with Crippen molar-refractivity contribution in [2.24, 2.45) is 0 Å². The summed E-state index contributed by atoms with van der Waals surface area (Å²) in [6.45, 7) is 5.55. The molecule has 0 saturated carbocycles. The summed E-state index contributed by atoms with van der Waals surface area (Å²) in [4.78, 5) is 26.8. The Labute approximate surface area is 171 Å². The van der Waals surface area contributed by atoms with E-state index in [9.17, 15) is 9.59 Å². The summed E-state index contributed by atoms with van der Waals surface area (Å²) in [5.74, 6) is -0.549. The Kier molecular flexibility index (Phi) is 6.59. The lowest BCUT2D eigenvalue weighted by molar-refractivity contribution is -0.136. The molecular formula is C25H23NO3. The molecule has 1 atom stereocenters. The van der Waals surface area contributed by atoms with Gasteiger partial charge in [-0.2, -0.15) is 0 Å². The molecule has 146 valence electrons. The third-order valence-corrected chi connectivity index (χ3v) is 4.60.